The Morgan fingerprint density at radius 2 is 2.00 bits per heavy atom. The number of anilines is 3. The van der Waals surface area contributed by atoms with Crippen molar-refractivity contribution in [3.8, 4) is 11.3 Å². The van der Waals surface area contributed by atoms with Crippen molar-refractivity contribution < 1.29 is 18.0 Å². The average Bonchev–Trinajstić information content (AvgIpc) is 3.50. The summed E-state index contributed by atoms with van der Waals surface area (Å²) < 4.78 is 41.7. The highest BCUT2D eigenvalue weighted by Crippen LogP contribution is 2.34. The van der Waals surface area contributed by atoms with Gasteiger partial charge in [0.1, 0.15) is 24.2 Å². The van der Waals surface area contributed by atoms with Gasteiger partial charge >= 0.3 is 6.18 Å². The molecule has 9 nitrogen and oxygen atoms in total. The van der Waals surface area contributed by atoms with E-state index < -0.39 is 12.2 Å². The molecule has 1 saturated heterocycles. The molecule has 4 heterocycles. The number of halogens is 3. The fourth-order valence-electron chi connectivity index (χ4n) is 4.16. The van der Waals surface area contributed by atoms with Crippen molar-refractivity contribution >= 4 is 35.3 Å². The van der Waals surface area contributed by atoms with Crippen molar-refractivity contribution in [2.24, 2.45) is 0 Å². The molecule has 0 bridgehead atoms. The van der Waals surface area contributed by atoms with Crippen LogP contribution in [0.2, 0.25) is 0 Å². The molecular formula is C23H27F3N8OS. The number of hydrogen-bond donors (Lipinski definition) is 1. The Hall–Kier alpha value is -3.35. The van der Waals surface area contributed by atoms with Crippen LogP contribution in [0.15, 0.2) is 36.9 Å². The Balaban J connectivity index is 1.54. The summed E-state index contributed by atoms with van der Waals surface area (Å²) in [7, 11) is 1.77. The van der Waals surface area contributed by atoms with Crippen LogP contribution >= 0.6 is 11.8 Å². The first-order valence-electron chi connectivity index (χ1n) is 11.3. The summed E-state index contributed by atoms with van der Waals surface area (Å²) >= 11 is 1.48. The summed E-state index contributed by atoms with van der Waals surface area (Å²) in [5, 5.41) is 2.99. The zero-order valence-corrected chi connectivity index (χ0v) is 21.0. The van der Waals surface area contributed by atoms with E-state index in [0.29, 0.717) is 35.2 Å². The van der Waals surface area contributed by atoms with E-state index in [9.17, 15) is 18.0 Å². The Bertz CT molecular complexity index is 1200. The Labute approximate surface area is 211 Å². The number of pyridine rings is 1. The fourth-order valence-corrected chi connectivity index (χ4v) is 4.69. The minimum Gasteiger partial charge on any atom is -0.372 e. The first-order chi connectivity index (χ1) is 17.2. The van der Waals surface area contributed by atoms with Crippen molar-refractivity contribution in [2.45, 2.75) is 38.5 Å². The number of amides is 1. The van der Waals surface area contributed by atoms with Gasteiger partial charge in [-0.25, -0.2) is 19.9 Å². The highest BCUT2D eigenvalue weighted by atomic mass is 32.2. The number of rotatable bonds is 8. The molecule has 1 N–H and O–H groups in total. The van der Waals surface area contributed by atoms with Crippen LogP contribution in [0.4, 0.5) is 30.8 Å². The van der Waals surface area contributed by atoms with E-state index >= 15 is 0 Å². The standard InChI is InChI=1S/C23H27F3N8OS/c1-15-21(27-2)30-13-32(15)12-20(35)34(14-36-3)19-8-4-6-17(31-19)16-10-28-22(29-11-16)33-9-5-7-18(33)23(24,25)26/h4,6,8,10-11,13,18,27H,5,7,9,12,14H2,1-3H3. The second-order valence-corrected chi connectivity index (χ2v) is 9.18. The van der Waals surface area contributed by atoms with E-state index in [1.165, 1.54) is 29.1 Å². The molecule has 1 fully saturated rings. The summed E-state index contributed by atoms with van der Waals surface area (Å²) in [6.07, 6.45) is 2.59. The number of nitrogens with zero attached hydrogens (tertiary/aromatic N) is 7. The first-order valence-corrected chi connectivity index (χ1v) is 12.7. The molecule has 13 heteroatoms. The Morgan fingerprint density at radius 1 is 1.25 bits per heavy atom. The quantitative estimate of drug-likeness (QED) is 0.446. The second kappa shape index (κ2) is 10.7. The van der Waals surface area contributed by atoms with Gasteiger partial charge in [-0.15, -0.1) is 11.8 Å². The van der Waals surface area contributed by atoms with E-state index in [0.717, 1.165) is 5.69 Å². The van der Waals surface area contributed by atoms with Gasteiger partial charge in [-0.2, -0.15) is 13.2 Å². The molecule has 0 aromatic carbocycles. The minimum absolute atomic E-state index is 0.0341. The number of aromatic nitrogens is 5. The van der Waals surface area contributed by atoms with Crippen molar-refractivity contribution in [3.05, 3.63) is 42.6 Å². The van der Waals surface area contributed by atoms with Gasteiger partial charge in [-0.1, -0.05) is 6.07 Å². The SMILES string of the molecule is CNc1ncn(CC(=O)N(CSC)c2cccc(-c3cnc(N4CCCC4C(F)(F)F)nc3)n2)c1C. The molecule has 3 aromatic heterocycles. The van der Waals surface area contributed by atoms with Crippen molar-refractivity contribution in [3.63, 3.8) is 0 Å². The summed E-state index contributed by atoms with van der Waals surface area (Å²) in [5.74, 6) is 1.45. The average molecular weight is 521 g/mol. The normalized spacial score (nSPS) is 15.8. The minimum atomic E-state index is -4.33. The van der Waals surface area contributed by atoms with Crippen LogP contribution in [0.3, 0.4) is 0 Å². The molecular weight excluding hydrogens is 493 g/mol. The number of imidazole rings is 1. The third-order valence-corrected chi connectivity index (χ3v) is 6.55. The molecule has 4 rings (SSSR count). The molecule has 0 spiro atoms. The van der Waals surface area contributed by atoms with E-state index in [1.807, 2.05) is 13.2 Å². The zero-order chi connectivity index (χ0) is 25.9. The molecule has 0 aliphatic carbocycles. The molecule has 1 unspecified atom stereocenters. The van der Waals surface area contributed by atoms with Crippen LogP contribution in [0.5, 0.6) is 0 Å². The second-order valence-electron chi connectivity index (χ2n) is 8.34. The Kier molecular flexibility index (Phi) is 7.67. The predicted molar refractivity (Wildman–Crippen MR) is 134 cm³/mol. The van der Waals surface area contributed by atoms with Crippen LogP contribution in [-0.2, 0) is 11.3 Å². The maximum Gasteiger partial charge on any atom is 0.408 e. The molecule has 0 saturated carbocycles. The van der Waals surface area contributed by atoms with E-state index in [2.05, 4.69) is 25.3 Å². The lowest BCUT2D eigenvalue weighted by atomic mass is 10.2. The number of carbonyl (C=O) groups excluding carboxylic acids is 1. The largest absolute Gasteiger partial charge is 0.408 e. The molecule has 1 atom stereocenters. The van der Waals surface area contributed by atoms with E-state index in [4.69, 9.17) is 0 Å². The molecule has 1 aliphatic rings. The highest BCUT2D eigenvalue weighted by molar-refractivity contribution is 7.98. The van der Waals surface area contributed by atoms with Gasteiger partial charge in [-0.3, -0.25) is 9.69 Å². The van der Waals surface area contributed by atoms with Crippen molar-refractivity contribution in [2.75, 3.05) is 40.8 Å². The lowest BCUT2D eigenvalue weighted by Crippen LogP contribution is -2.42. The van der Waals surface area contributed by atoms with Crippen molar-refractivity contribution in [1.82, 2.24) is 24.5 Å². The highest BCUT2D eigenvalue weighted by Gasteiger charge is 2.46. The molecule has 0 radical (unpaired) electrons. The summed E-state index contributed by atoms with van der Waals surface area (Å²) in [6.45, 7) is 2.24. The first kappa shape index (κ1) is 25.7. The maximum absolute atomic E-state index is 13.3. The number of hydrogen-bond acceptors (Lipinski definition) is 8. The van der Waals surface area contributed by atoms with Crippen LogP contribution in [0.25, 0.3) is 11.3 Å². The lowest BCUT2D eigenvalue weighted by molar-refractivity contribution is -0.146. The smallest absolute Gasteiger partial charge is 0.372 e. The lowest BCUT2D eigenvalue weighted by Gasteiger charge is -2.26. The number of carbonyl (C=O) groups is 1. The van der Waals surface area contributed by atoms with E-state index in [-0.39, 0.29) is 31.4 Å². The third-order valence-electron chi connectivity index (χ3n) is 6.03. The molecule has 3 aromatic rings. The summed E-state index contributed by atoms with van der Waals surface area (Å²) in [5.41, 5.74) is 1.91. The Morgan fingerprint density at radius 3 is 2.64 bits per heavy atom. The molecule has 192 valence electrons. The molecule has 1 amide bonds. The topological polar surface area (TPSA) is 92.1 Å². The maximum atomic E-state index is 13.3. The zero-order valence-electron chi connectivity index (χ0n) is 20.2. The van der Waals surface area contributed by atoms with E-state index in [1.54, 1.807) is 41.0 Å². The van der Waals surface area contributed by atoms with Gasteiger partial charge in [0, 0.05) is 31.5 Å². The van der Waals surface area contributed by atoms with Gasteiger partial charge in [0.2, 0.25) is 11.9 Å². The van der Waals surface area contributed by atoms with Gasteiger partial charge in [-0.05, 0) is 38.2 Å². The van der Waals surface area contributed by atoms with Crippen molar-refractivity contribution in [1.29, 1.82) is 0 Å². The summed E-state index contributed by atoms with van der Waals surface area (Å²) in [6, 6.07) is 3.69. The number of nitrogens with one attached hydrogen (secondary N) is 1. The molecule has 36 heavy (non-hydrogen) atoms. The van der Waals surface area contributed by atoms with Crippen LogP contribution in [0, 0.1) is 6.92 Å². The predicted octanol–water partition coefficient (Wildman–Crippen LogP) is 3.97. The molecule has 1 aliphatic heterocycles. The fraction of sp³-hybridized carbons (Fsp3) is 0.435. The van der Waals surface area contributed by atoms with Crippen LogP contribution in [-0.4, -0.2) is 68.4 Å². The monoisotopic (exact) mass is 520 g/mol. The number of alkyl halides is 3. The third kappa shape index (κ3) is 5.40. The van der Waals surface area contributed by atoms with Gasteiger partial charge in [0.25, 0.3) is 0 Å². The number of thioether (sulfide) groups is 1. The van der Waals surface area contributed by atoms with Gasteiger partial charge in [0.15, 0.2) is 0 Å². The summed E-state index contributed by atoms with van der Waals surface area (Å²) in [4.78, 5) is 33.2. The van der Waals surface area contributed by atoms with Crippen LogP contribution in [0.1, 0.15) is 18.5 Å². The van der Waals surface area contributed by atoms with Crippen LogP contribution < -0.4 is 15.1 Å². The van der Waals surface area contributed by atoms with Gasteiger partial charge in [0.05, 0.1) is 23.6 Å². The van der Waals surface area contributed by atoms with Gasteiger partial charge < -0.3 is 14.8 Å².